The van der Waals surface area contributed by atoms with Crippen LogP contribution in [0.15, 0.2) is 26.8 Å². The van der Waals surface area contributed by atoms with Crippen LogP contribution in [0.4, 0.5) is 0 Å². The number of hydrogen-bond acceptors (Lipinski definition) is 7. The number of thiophene rings is 1. The van der Waals surface area contributed by atoms with Gasteiger partial charge in [0.05, 0.1) is 9.21 Å². The molecule has 0 N–H and O–H groups in total. The van der Waals surface area contributed by atoms with E-state index in [1.807, 2.05) is 19.1 Å². The van der Waals surface area contributed by atoms with Crippen LogP contribution in [0, 0.1) is 6.92 Å². The Hall–Kier alpha value is -1.44. The van der Waals surface area contributed by atoms with Crippen molar-refractivity contribution in [2.24, 2.45) is 0 Å². The molecule has 0 saturated heterocycles. The molecule has 3 heterocycles. The monoisotopic (exact) mass is 364 g/mol. The lowest BCUT2D eigenvalue weighted by molar-refractivity contribution is 0.466. The maximum absolute atomic E-state index is 5.95. The summed E-state index contributed by atoms with van der Waals surface area (Å²) in [5, 5.41) is 9.66. The second-order valence-electron chi connectivity index (χ2n) is 5.29. The smallest absolute Gasteiger partial charge is 0.283 e. The van der Waals surface area contributed by atoms with E-state index in [4.69, 9.17) is 16.0 Å². The van der Waals surface area contributed by atoms with Crippen molar-refractivity contribution in [1.29, 1.82) is 0 Å². The van der Waals surface area contributed by atoms with Gasteiger partial charge in [-0.1, -0.05) is 11.6 Å². The highest BCUT2D eigenvalue weighted by Gasteiger charge is 2.20. The Morgan fingerprint density at radius 2 is 2.04 bits per heavy atom. The first-order chi connectivity index (χ1) is 11.2. The predicted molar refractivity (Wildman–Crippen MR) is 90.2 cm³/mol. The molecule has 0 fully saturated rings. The lowest BCUT2D eigenvalue weighted by Crippen LogP contribution is -2.10. The van der Waals surface area contributed by atoms with Crippen LogP contribution in [-0.2, 0) is 12.8 Å². The van der Waals surface area contributed by atoms with E-state index in [1.165, 1.54) is 41.5 Å². The molecule has 0 spiro atoms. The highest BCUT2D eigenvalue weighted by molar-refractivity contribution is 7.99. The predicted octanol–water partition coefficient (Wildman–Crippen LogP) is 4.58. The molecule has 1 aliphatic carbocycles. The zero-order valence-corrected chi connectivity index (χ0v) is 14.8. The van der Waals surface area contributed by atoms with Gasteiger partial charge in [0.25, 0.3) is 11.1 Å². The van der Waals surface area contributed by atoms with Crippen molar-refractivity contribution in [3.8, 4) is 10.8 Å². The Labute approximate surface area is 146 Å². The number of nitrogens with zero attached hydrogens (tertiary/aromatic N) is 4. The molecular weight excluding hydrogens is 352 g/mol. The topological polar surface area (TPSA) is 64.7 Å². The maximum Gasteiger partial charge on any atom is 0.283 e. The van der Waals surface area contributed by atoms with Crippen LogP contribution in [0.25, 0.3) is 10.8 Å². The van der Waals surface area contributed by atoms with Crippen LogP contribution in [0.2, 0.25) is 4.34 Å². The summed E-state index contributed by atoms with van der Waals surface area (Å²) in [6.07, 6.45) is 4.40. The number of halogens is 1. The highest BCUT2D eigenvalue weighted by atomic mass is 35.5. The fourth-order valence-corrected chi connectivity index (χ4v) is 4.48. The maximum atomic E-state index is 5.95. The average molecular weight is 365 g/mol. The van der Waals surface area contributed by atoms with Crippen molar-refractivity contribution in [3.05, 3.63) is 33.6 Å². The second-order valence-corrected chi connectivity index (χ2v) is 7.94. The zero-order chi connectivity index (χ0) is 15.8. The summed E-state index contributed by atoms with van der Waals surface area (Å²) < 4.78 is 6.45. The van der Waals surface area contributed by atoms with Crippen molar-refractivity contribution < 1.29 is 4.42 Å². The first-order valence-electron chi connectivity index (χ1n) is 7.32. The Kier molecular flexibility index (Phi) is 4.09. The van der Waals surface area contributed by atoms with Gasteiger partial charge in [-0.2, -0.15) is 0 Å². The average Bonchev–Trinajstić information content (AvgIpc) is 3.16. The molecule has 1 aliphatic rings. The standard InChI is InChI=1S/C15H13ClN4OS2/c1-8-17-10-5-3-2-4-9(10)14(18-8)23-15-20-19-13(21-15)11-6-7-12(16)22-11/h6-7H,2-5H2,1H3. The number of rotatable bonds is 3. The summed E-state index contributed by atoms with van der Waals surface area (Å²) in [5.74, 6) is 1.28. The van der Waals surface area contributed by atoms with Gasteiger partial charge in [0.15, 0.2) is 0 Å². The number of aryl methyl sites for hydroxylation is 2. The third-order valence-corrected chi connectivity index (χ3v) is 5.72. The van der Waals surface area contributed by atoms with Crippen LogP contribution in [0.3, 0.4) is 0 Å². The molecule has 0 aromatic carbocycles. The number of hydrogen-bond donors (Lipinski definition) is 0. The van der Waals surface area contributed by atoms with Gasteiger partial charge in [-0.3, -0.25) is 0 Å². The fourth-order valence-electron chi connectivity index (χ4n) is 2.62. The molecule has 0 saturated carbocycles. The van der Waals surface area contributed by atoms with Crippen LogP contribution < -0.4 is 0 Å². The van der Waals surface area contributed by atoms with E-state index in [-0.39, 0.29) is 0 Å². The van der Waals surface area contributed by atoms with Gasteiger partial charge in [-0.15, -0.1) is 21.5 Å². The molecular formula is C15H13ClN4OS2. The molecule has 23 heavy (non-hydrogen) atoms. The highest BCUT2D eigenvalue weighted by Crippen LogP contribution is 2.35. The second kappa shape index (κ2) is 6.22. The lowest BCUT2D eigenvalue weighted by atomic mass is 9.97. The van der Waals surface area contributed by atoms with E-state index >= 15 is 0 Å². The summed E-state index contributed by atoms with van der Waals surface area (Å²) in [5.41, 5.74) is 2.39. The van der Waals surface area contributed by atoms with E-state index in [0.717, 1.165) is 34.3 Å². The van der Waals surface area contributed by atoms with Crippen LogP contribution in [-0.4, -0.2) is 20.2 Å². The quantitative estimate of drug-likeness (QED) is 0.634. The molecule has 8 heteroatoms. The number of aromatic nitrogens is 4. The third kappa shape index (κ3) is 3.13. The van der Waals surface area contributed by atoms with E-state index in [1.54, 1.807) is 0 Å². The van der Waals surface area contributed by atoms with Gasteiger partial charge in [0, 0.05) is 11.3 Å². The molecule has 3 aromatic heterocycles. The van der Waals surface area contributed by atoms with E-state index in [0.29, 0.717) is 15.4 Å². The largest absolute Gasteiger partial charge is 0.410 e. The Morgan fingerprint density at radius 1 is 1.17 bits per heavy atom. The summed E-state index contributed by atoms with van der Waals surface area (Å²) in [7, 11) is 0. The van der Waals surface area contributed by atoms with Gasteiger partial charge in [-0.05, 0) is 56.5 Å². The van der Waals surface area contributed by atoms with Gasteiger partial charge >= 0.3 is 0 Å². The molecule has 3 aromatic rings. The summed E-state index contributed by atoms with van der Waals surface area (Å²) in [6.45, 7) is 1.92. The molecule has 4 rings (SSSR count). The van der Waals surface area contributed by atoms with Gasteiger partial charge in [0.2, 0.25) is 0 Å². The molecule has 0 amide bonds. The summed E-state index contributed by atoms with van der Waals surface area (Å²) in [6, 6.07) is 3.70. The SMILES string of the molecule is Cc1nc2c(c(Sc3nnc(-c4ccc(Cl)s4)o3)n1)CCCC2. The van der Waals surface area contributed by atoms with Crippen molar-refractivity contribution in [3.63, 3.8) is 0 Å². The van der Waals surface area contributed by atoms with Crippen LogP contribution in [0.1, 0.15) is 29.9 Å². The van der Waals surface area contributed by atoms with Crippen molar-refractivity contribution >= 4 is 34.7 Å². The molecule has 0 unspecified atom stereocenters. The summed E-state index contributed by atoms with van der Waals surface area (Å²) >= 11 is 8.79. The molecule has 5 nitrogen and oxygen atoms in total. The minimum absolute atomic E-state index is 0.490. The van der Waals surface area contributed by atoms with Crippen LogP contribution >= 0.6 is 34.7 Å². The van der Waals surface area contributed by atoms with Crippen LogP contribution in [0.5, 0.6) is 0 Å². The van der Waals surface area contributed by atoms with E-state index < -0.39 is 0 Å². The van der Waals surface area contributed by atoms with Crippen molar-refractivity contribution in [1.82, 2.24) is 20.2 Å². The van der Waals surface area contributed by atoms with Gasteiger partial charge in [-0.25, -0.2) is 9.97 Å². The molecule has 0 aliphatic heterocycles. The Morgan fingerprint density at radius 3 is 2.87 bits per heavy atom. The van der Waals surface area contributed by atoms with Gasteiger partial charge in [0.1, 0.15) is 10.9 Å². The summed E-state index contributed by atoms with van der Waals surface area (Å²) in [4.78, 5) is 10.0. The third-order valence-electron chi connectivity index (χ3n) is 3.63. The minimum atomic E-state index is 0.490. The molecule has 0 atom stereocenters. The van der Waals surface area contributed by atoms with Crippen molar-refractivity contribution in [2.75, 3.05) is 0 Å². The Balaban J connectivity index is 1.64. The first kappa shape index (κ1) is 15.1. The van der Waals surface area contributed by atoms with Gasteiger partial charge < -0.3 is 4.42 Å². The molecule has 118 valence electrons. The number of fused-ring (bicyclic) bond motifs is 1. The minimum Gasteiger partial charge on any atom is -0.410 e. The Bertz CT molecular complexity index is 861. The first-order valence-corrected chi connectivity index (χ1v) is 9.33. The van der Waals surface area contributed by atoms with E-state index in [9.17, 15) is 0 Å². The fraction of sp³-hybridized carbons (Fsp3) is 0.333. The van der Waals surface area contributed by atoms with Crippen molar-refractivity contribution in [2.45, 2.75) is 42.9 Å². The van der Waals surface area contributed by atoms with E-state index in [2.05, 4.69) is 20.2 Å². The molecule has 0 bridgehead atoms. The molecule has 0 radical (unpaired) electrons. The lowest BCUT2D eigenvalue weighted by Gasteiger charge is -2.17. The zero-order valence-electron chi connectivity index (χ0n) is 12.4. The normalized spacial score (nSPS) is 14.0.